The lowest BCUT2D eigenvalue weighted by molar-refractivity contribution is 0.628. The van der Waals surface area contributed by atoms with Gasteiger partial charge in [-0.3, -0.25) is 13.8 Å². The second-order valence-corrected chi connectivity index (χ2v) is 6.48. The van der Waals surface area contributed by atoms with Crippen LogP contribution in [0.15, 0.2) is 47.3 Å². The fraction of sp³-hybridized carbons (Fsp3) is 0.118. The SMILES string of the molecule is O=c1c2cc(F)ccc2n2c(=S)[nH]nc2n1CCc1ccc(Cl)cc1. The van der Waals surface area contributed by atoms with Crippen molar-refractivity contribution in [3.8, 4) is 0 Å². The summed E-state index contributed by atoms with van der Waals surface area (Å²) in [5, 5.41) is 7.79. The summed E-state index contributed by atoms with van der Waals surface area (Å²) in [6.45, 7) is 0.385. The van der Waals surface area contributed by atoms with Gasteiger partial charge in [-0.25, -0.2) is 9.49 Å². The fourth-order valence-corrected chi connectivity index (χ4v) is 3.24. The highest BCUT2D eigenvalue weighted by Crippen LogP contribution is 2.16. The van der Waals surface area contributed by atoms with Crippen molar-refractivity contribution in [1.29, 1.82) is 0 Å². The molecule has 0 fully saturated rings. The minimum Gasteiger partial charge on any atom is -0.276 e. The Morgan fingerprint density at radius 2 is 1.96 bits per heavy atom. The molecule has 1 N–H and O–H groups in total. The zero-order valence-corrected chi connectivity index (χ0v) is 14.4. The molecule has 0 saturated carbocycles. The van der Waals surface area contributed by atoms with Crippen LogP contribution in [0.5, 0.6) is 0 Å². The van der Waals surface area contributed by atoms with Crippen molar-refractivity contribution in [3.63, 3.8) is 0 Å². The van der Waals surface area contributed by atoms with Gasteiger partial charge in [0.1, 0.15) is 5.82 Å². The number of hydrogen-bond acceptors (Lipinski definition) is 3. The van der Waals surface area contributed by atoms with E-state index in [1.165, 1.54) is 22.8 Å². The van der Waals surface area contributed by atoms with Crippen molar-refractivity contribution in [2.75, 3.05) is 0 Å². The highest BCUT2D eigenvalue weighted by atomic mass is 35.5. The molecule has 0 atom stereocenters. The third kappa shape index (κ3) is 2.75. The van der Waals surface area contributed by atoms with E-state index in [-0.39, 0.29) is 10.9 Å². The van der Waals surface area contributed by atoms with E-state index in [0.29, 0.717) is 34.1 Å². The molecule has 0 aliphatic carbocycles. The Hall–Kier alpha value is -2.51. The van der Waals surface area contributed by atoms with Crippen LogP contribution in [0.4, 0.5) is 4.39 Å². The lowest BCUT2D eigenvalue weighted by Gasteiger charge is -2.10. The monoisotopic (exact) mass is 374 g/mol. The molecule has 2 aromatic heterocycles. The molecule has 0 amide bonds. The molecule has 0 radical (unpaired) electrons. The first-order chi connectivity index (χ1) is 12.0. The maximum Gasteiger partial charge on any atom is 0.262 e. The molecule has 25 heavy (non-hydrogen) atoms. The van der Waals surface area contributed by atoms with E-state index in [1.807, 2.05) is 12.1 Å². The predicted molar refractivity (Wildman–Crippen MR) is 97.3 cm³/mol. The van der Waals surface area contributed by atoms with Crippen LogP contribution in [0.2, 0.25) is 5.02 Å². The van der Waals surface area contributed by atoms with Gasteiger partial charge in [-0.2, -0.15) is 0 Å². The van der Waals surface area contributed by atoms with Gasteiger partial charge in [-0.05, 0) is 54.5 Å². The first kappa shape index (κ1) is 16.0. The third-order valence-corrected chi connectivity index (χ3v) is 4.63. The van der Waals surface area contributed by atoms with Gasteiger partial charge >= 0.3 is 0 Å². The lowest BCUT2D eigenvalue weighted by Crippen LogP contribution is -2.24. The van der Waals surface area contributed by atoms with E-state index in [2.05, 4.69) is 10.2 Å². The molecule has 4 aromatic rings. The first-order valence-corrected chi connectivity index (χ1v) is 8.37. The van der Waals surface area contributed by atoms with Crippen molar-refractivity contribution >= 4 is 40.5 Å². The fourth-order valence-electron chi connectivity index (χ4n) is 2.89. The third-order valence-electron chi connectivity index (χ3n) is 4.11. The average molecular weight is 375 g/mol. The van der Waals surface area contributed by atoms with Gasteiger partial charge in [-0.15, -0.1) is 5.10 Å². The zero-order valence-electron chi connectivity index (χ0n) is 12.9. The van der Waals surface area contributed by atoms with Crippen LogP contribution in [0.1, 0.15) is 5.56 Å². The highest BCUT2D eigenvalue weighted by molar-refractivity contribution is 7.71. The molecule has 126 valence electrons. The molecular formula is C17H12ClFN4OS. The van der Waals surface area contributed by atoms with Gasteiger partial charge in [-0.1, -0.05) is 23.7 Å². The minimum absolute atomic E-state index is 0.265. The molecule has 0 saturated heterocycles. The molecule has 2 heterocycles. The molecule has 0 unspecified atom stereocenters. The van der Waals surface area contributed by atoms with Gasteiger partial charge in [0.05, 0.1) is 10.9 Å². The number of halogens is 2. The second-order valence-electron chi connectivity index (χ2n) is 5.66. The maximum absolute atomic E-state index is 13.6. The summed E-state index contributed by atoms with van der Waals surface area (Å²) in [5.41, 5.74) is 1.26. The molecule has 8 heteroatoms. The lowest BCUT2D eigenvalue weighted by atomic mass is 10.1. The zero-order chi connectivity index (χ0) is 17.6. The van der Waals surface area contributed by atoms with Crippen molar-refractivity contribution in [2.24, 2.45) is 0 Å². The van der Waals surface area contributed by atoms with Gasteiger partial charge in [0.15, 0.2) is 0 Å². The van der Waals surface area contributed by atoms with Gasteiger partial charge in [0.2, 0.25) is 10.5 Å². The summed E-state index contributed by atoms with van der Waals surface area (Å²) in [6.07, 6.45) is 0.604. The van der Waals surface area contributed by atoms with E-state index in [1.54, 1.807) is 16.5 Å². The van der Waals surface area contributed by atoms with Crippen LogP contribution in [-0.2, 0) is 13.0 Å². The Balaban J connectivity index is 1.89. The molecule has 2 aromatic carbocycles. The van der Waals surface area contributed by atoms with Crippen molar-refractivity contribution in [2.45, 2.75) is 13.0 Å². The van der Waals surface area contributed by atoms with Crippen LogP contribution < -0.4 is 5.56 Å². The molecule has 4 rings (SSSR count). The first-order valence-electron chi connectivity index (χ1n) is 7.58. The predicted octanol–water partition coefficient (Wildman–Crippen LogP) is 3.74. The quantitative estimate of drug-likeness (QED) is 0.556. The molecule has 5 nitrogen and oxygen atoms in total. The van der Waals surface area contributed by atoms with Crippen molar-refractivity contribution in [1.82, 2.24) is 19.2 Å². The van der Waals surface area contributed by atoms with Crippen LogP contribution in [0, 0.1) is 10.6 Å². The number of benzene rings is 2. The molecular weight excluding hydrogens is 363 g/mol. The summed E-state index contributed by atoms with van der Waals surface area (Å²) in [6, 6.07) is 11.5. The normalized spacial score (nSPS) is 11.4. The van der Waals surface area contributed by atoms with Gasteiger partial charge < -0.3 is 0 Å². The smallest absolute Gasteiger partial charge is 0.262 e. The Morgan fingerprint density at radius 3 is 2.72 bits per heavy atom. The number of hydrogen-bond donors (Lipinski definition) is 1. The number of nitrogens with one attached hydrogen (secondary N) is 1. The van der Waals surface area contributed by atoms with E-state index in [4.69, 9.17) is 23.8 Å². The minimum atomic E-state index is -0.469. The number of aromatic nitrogens is 4. The molecule has 0 bridgehead atoms. The average Bonchev–Trinajstić information content (AvgIpc) is 2.98. The van der Waals surface area contributed by atoms with E-state index in [9.17, 15) is 9.18 Å². The molecule has 0 aliphatic heterocycles. The summed E-state index contributed by atoms with van der Waals surface area (Å²) in [5.74, 6) is -0.0636. The van der Waals surface area contributed by atoms with Crippen LogP contribution in [-0.4, -0.2) is 19.2 Å². The summed E-state index contributed by atoms with van der Waals surface area (Å²) < 4.78 is 17.1. The maximum atomic E-state index is 13.6. The van der Waals surface area contributed by atoms with E-state index in [0.717, 1.165) is 5.56 Å². The summed E-state index contributed by atoms with van der Waals surface area (Å²) >= 11 is 11.2. The Kier molecular flexibility index (Phi) is 3.89. The largest absolute Gasteiger partial charge is 0.276 e. The number of H-pyrrole nitrogens is 1. The number of aryl methyl sites for hydroxylation is 2. The number of nitrogens with zero attached hydrogens (tertiary/aromatic N) is 3. The summed E-state index contributed by atoms with van der Waals surface area (Å²) in [7, 11) is 0. The summed E-state index contributed by atoms with van der Waals surface area (Å²) in [4.78, 5) is 12.9. The number of rotatable bonds is 3. The molecule has 0 aliphatic rings. The standard InChI is InChI=1S/C17H12ClFN4OS/c18-11-3-1-10(2-4-11)7-8-22-15(24)13-9-12(19)5-6-14(13)23-16(22)20-21-17(23)25/h1-6,9H,7-8H2,(H,21,25). The topological polar surface area (TPSA) is 55.1 Å². The van der Waals surface area contributed by atoms with Crippen LogP contribution >= 0.6 is 23.8 Å². The Bertz CT molecular complexity index is 1210. The second kappa shape index (κ2) is 6.09. The Morgan fingerprint density at radius 1 is 1.20 bits per heavy atom. The number of fused-ring (bicyclic) bond motifs is 3. The van der Waals surface area contributed by atoms with Crippen LogP contribution in [0.25, 0.3) is 16.7 Å². The highest BCUT2D eigenvalue weighted by Gasteiger charge is 2.14. The van der Waals surface area contributed by atoms with Crippen molar-refractivity contribution in [3.05, 3.63) is 74.0 Å². The Labute approximate surface area is 151 Å². The van der Waals surface area contributed by atoms with E-state index >= 15 is 0 Å². The van der Waals surface area contributed by atoms with Crippen LogP contribution in [0.3, 0.4) is 0 Å². The van der Waals surface area contributed by atoms with Gasteiger partial charge in [0, 0.05) is 11.6 Å². The van der Waals surface area contributed by atoms with Crippen molar-refractivity contribution < 1.29 is 4.39 Å². The van der Waals surface area contributed by atoms with E-state index < -0.39 is 5.82 Å². The molecule has 0 spiro atoms. The van der Waals surface area contributed by atoms with Gasteiger partial charge in [0.25, 0.3) is 5.56 Å². The number of aromatic amines is 1.